The number of rotatable bonds is 3. The van der Waals surface area contributed by atoms with Gasteiger partial charge in [-0.2, -0.15) is 0 Å². The number of H-pyrrole nitrogens is 1. The molecule has 0 aliphatic carbocycles. The van der Waals surface area contributed by atoms with Crippen molar-refractivity contribution in [3.8, 4) is 11.5 Å². The van der Waals surface area contributed by atoms with Gasteiger partial charge in [0.2, 0.25) is 5.91 Å². The minimum absolute atomic E-state index is 0.00139. The van der Waals surface area contributed by atoms with Crippen LogP contribution in [0.3, 0.4) is 0 Å². The van der Waals surface area contributed by atoms with E-state index in [0.717, 1.165) is 0 Å². The summed E-state index contributed by atoms with van der Waals surface area (Å²) >= 11 is 1.29. The van der Waals surface area contributed by atoms with Crippen LogP contribution in [0.1, 0.15) is 23.5 Å². The lowest BCUT2D eigenvalue weighted by molar-refractivity contribution is -0.116. The highest BCUT2D eigenvalue weighted by molar-refractivity contribution is 7.98. The summed E-state index contributed by atoms with van der Waals surface area (Å²) in [7, 11) is 1.44. The van der Waals surface area contributed by atoms with E-state index in [9.17, 15) is 14.7 Å². The third kappa shape index (κ3) is 2.77. The predicted octanol–water partition coefficient (Wildman–Crippen LogP) is 1.68. The van der Waals surface area contributed by atoms with E-state index in [1.165, 1.54) is 24.9 Å². The minimum atomic E-state index is -0.444. The zero-order chi connectivity index (χ0) is 16.6. The van der Waals surface area contributed by atoms with E-state index in [2.05, 4.69) is 15.3 Å². The van der Waals surface area contributed by atoms with E-state index in [4.69, 9.17) is 4.74 Å². The van der Waals surface area contributed by atoms with E-state index in [1.807, 2.05) is 0 Å². The van der Waals surface area contributed by atoms with Gasteiger partial charge in [-0.3, -0.25) is 9.59 Å². The number of ether oxygens (including phenoxy) is 1. The van der Waals surface area contributed by atoms with Gasteiger partial charge in [-0.15, -0.1) is 0 Å². The quantitative estimate of drug-likeness (QED) is 0.583. The molecule has 120 valence electrons. The molecule has 2 heterocycles. The predicted molar refractivity (Wildman–Crippen MR) is 86.4 cm³/mol. The van der Waals surface area contributed by atoms with Crippen molar-refractivity contribution in [3.63, 3.8) is 0 Å². The zero-order valence-electron chi connectivity index (χ0n) is 12.5. The van der Waals surface area contributed by atoms with Gasteiger partial charge >= 0.3 is 0 Å². The lowest BCUT2D eigenvalue weighted by Crippen LogP contribution is -2.31. The normalized spacial score (nSPS) is 16.6. The maximum absolute atomic E-state index is 12.4. The van der Waals surface area contributed by atoms with Gasteiger partial charge in [-0.25, -0.2) is 4.98 Å². The Morgan fingerprint density at radius 2 is 2.17 bits per heavy atom. The van der Waals surface area contributed by atoms with Crippen LogP contribution in [0, 0.1) is 0 Å². The lowest BCUT2D eigenvalue weighted by atomic mass is 9.86. The number of benzene rings is 1. The SMILES string of the molecule is COc1cc([C@@H]2CC(=O)Nc3nc(SC)[nH]c(=O)c32)ccc1O. The molecule has 2 aromatic rings. The van der Waals surface area contributed by atoms with E-state index in [1.54, 1.807) is 18.4 Å². The van der Waals surface area contributed by atoms with Gasteiger partial charge in [-0.05, 0) is 24.0 Å². The summed E-state index contributed by atoms with van der Waals surface area (Å²) in [5.74, 6) is -0.0758. The number of methoxy groups -OCH3 is 1. The summed E-state index contributed by atoms with van der Waals surface area (Å²) in [6, 6.07) is 4.79. The Morgan fingerprint density at radius 1 is 1.39 bits per heavy atom. The fourth-order valence-corrected chi connectivity index (χ4v) is 3.02. The molecule has 1 aromatic heterocycles. The highest BCUT2D eigenvalue weighted by Gasteiger charge is 2.31. The third-order valence-corrected chi connectivity index (χ3v) is 4.31. The number of aromatic hydroxyl groups is 1. The number of amides is 1. The van der Waals surface area contributed by atoms with E-state index < -0.39 is 5.92 Å². The standard InChI is InChI=1S/C15H15N3O4S/c1-22-10-5-7(3-4-9(10)19)8-6-11(20)16-13-12(8)14(21)18-15(17-13)23-2/h3-5,8,19H,6H2,1-2H3,(H2,16,17,18,20,21)/t8-/m0/s1. The molecule has 7 nitrogen and oxygen atoms in total. The third-order valence-electron chi connectivity index (χ3n) is 3.73. The summed E-state index contributed by atoms with van der Waals surface area (Å²) in [6.07, 6.45) is 1.92. The number of aromatic nitrogens is 2. The number of nitrogens with one attached hydrogen (secondary N) is 2. The second-order valence-electron chi connectivity index (χ2n) is 5.07. The Balaban J connectivity index is 2.16. The molecule has 0 spiro atoms. The number of nitrogens with zero attached hydrogens (tertiary/aromatic N) is 1. The van der Waals surface area contributed by atoms with Crippen molar-refractivity contribution >= 4 is 23.5 Å². The van der Waals surface area contributed by atoms with Gasteiger partial charge in [0, 0.05) is 12.3 Å². The minimum Gasteiger partial charge on any atom is -0.504 e. The molecule has 1 amide bonds. The van der Waals surface area contributed by atoms with Gasteiger partial charge in [0.1, 0.15) is 5.82 Å². The summed E-state index contributed by atoms with van der Waals surface area (Å²) in [4.78, 5) is 31.4. The molecule has 3 N–H and O–H groups in total. The molecule has 8 heteroatoms. The number of hydrogen-bond acceptors (Lipinski definition) is 6. The van der Waals surface area contributed by atoms with Crippen LogP contribution >= 0.6 is 11.8 Å². The first-order valence-electron chi connectivity index (χ1n) is 6.88. The first-order valence-corrected chi connectivity index (χ1v) is 8.11. The van der Waals surface area contributed by atoms with Gasteiger partial charge in [0.15, 0.2) is 16.7 Å². The maximum Gasteiger partial charge on any atom is 0.257 e. The molecule has 23 heavy (non-hydrogen) atoms. The Hall–Kier alpha value is -2.48. The highest BCUT2D eigenvalue weighted by Crippen LogP contribution is 2.37. The van der Waals surface area contributed by atoms with Gasteiger partial charge in [0.05, 0.1) is 12.7 Å². The first kappa shape index (κ1) is 15.4. The molecule has 1 atom stereocenters. The fraction of sp³-hybridized carbons (Fsp3) is 0.267. The van der Waals surface area contributed by atoms with Crippen LogP contribution in [0.15, 0.2) is 28.2 Å². The van der Waals surface area contributed by atoms with Crippen molar-refractivity contribution in [3.05, 3.63) is 39.7 Å². The van der Waals surface area contributed by atoms with Crippen LogP contribution in [0.25, 0.3) is 0 Å². The average molecular weight is 333 g/mol. The number of thioether (sulfide) groups is 1. The van der Waals surface area contributed by atoms with Crippen molar-refractivity contribution in [2.24, 2.45) is 0 Å². The molecular weight excluding hydrogens is 318 g/mol. The van der Waals surface area contributed by atoms with E-state index in [0.29, 0.717) is 22.0 Å². The molecule has 0 radical (unpaired) electrons. The average Bonchev–Trinajstić information content (AvgIpc) is 2.53. The largest absolute Gasteiger partial charge is 0.504 e. The molecule has 0 bridgehead atoms. The lowest BCUT2D eigenvalue weighted by Gasteiger charge is -2.24. The monoisotopic (exact) mass is 333 g/mol. The molecule has 0 fully saturated rings. The summed E-state index contributed by atoms with van der Waals surface area (Å²) < 4.78 is 5.10. The van der Waals surface area contributed by atoms with Gasteiger partial charge in [-0.1, -0.05) is 17.8 Å². The maximum atomic E-state index is 12.4. The van der Waals surface area contributed by atoms with Crippen molar-refractivity contribution in [1.82, 2.24) is 9.97 Å². The van der Waals surface area contributed by atoms with Crippen molar-refractivity contribution in [2.75, 3.05) is 18.7 Å². The second-order valence-corrected chi connectivity index (χ2v) is 5.87. The zero-order valence-corrected chi connectivity index (χ0v) is 13.4. The Morgan fingerprint density at radius 3 is 2.87 bits per heavy atom. The molecular formula is C15H15N3O4S. The van der Waals surface area contributed by atoms with E-state index >= 15 is 0 Å². The summed E-state index contributed by atoms with van der Waals surface area (Å²) in [5.41, 5.74) is 0.839. The van der Waals surface area contributed by atoms with Crippen LogP contribution in [0.4, 0.5) is 5.82 Å². The van der Waals surface area contributed by atoms with Gasteiger partial charge in [0.25, 0.3) is 5.56 Å². The van der Waals surface area contributed by atoms with Gasteiger partial charge < -0.3 is 20.1 Å². The number of hydrogen-bond donors (Lipinski definition) is 3. The fourth-order valence-electron chi connectivity index (χ4n) is 2.64. The number of anilines is 1. The molecule has 1 aromatic carbocycles. The number of phenols is 1. The molecule has 0 unspecified atom stereocenters. The van der Waals surface area contributed by atoms with Crippen LogP contribution in [0.2, 0.25) is 0 Å². The topological polar surface area (TPSA) is 104 Å². The van der Waals surface area contributed by atoms with Crippen LogP contribution in [-0.2, 0) is 4.79 Å². The van der Waals surface area contributed by atoms with Crippen LogP contribution in [0.5, 0.6) is 11.5 Å². The Bertz CT molecular complexity index is 834. The number of carbonyl (C=O) groups excluding carboxylic acids is 1. The number of phenolic OH excluding ortho intramolecular Hbond substituents is 1. The summed E-state index contributed by atoms with van der Waals surface area (Å²) in [6.45, 7) is 0. The Kier molecular flexibility index (Phi) is 3.99. The van der Waals surface area contributed by atoms with E-state index in [-0.39, 0.29) is 29.5 Å². The second kappa shape index (κ2) is 5.96. The molecule has 0 saturated carbocycles. The number of fused-ring (bicyclic) bond motifs is 1. The first-order chi connectivity index (χ1) is 11.0. The highest BCUT2D eigenvalue weighted by atomic mass is 32.2. The number of carbonyl (C=O) groups is 1. The molecule has 1 aliphatic heterocycles. The van der Waals surface area contributed by atoms with Crippen molar-refractivity contribution < 1.29 is 14.6 Å². The van der Waals surface area contributed by atoms with Crippen LogP contribution < -0.4 is 15.6 Å². The Labute approximate surface area is 136 Å². The van der Waals surface area contributed by atoms with Crippen molar-refractivity contribution in [1.29, 1.82) is 0 Å². The molecule has 3 rings (SSSR count). The molecule has 0 saturated heterocycles. The van der Waals surface area contributed by atoms with Crippen molar-refractivity contribution in [2.45, 2.75) is 17.5 Å². The molecule has 1 aliphatic rings. The number of aromatic amines is 1. The van der Waals surface area contributed by atoms with Crippen LogP contribution in [-0.4, -0.2) is 34.3 Å². The smallest absolute Gasteiger partial charge is 0.257 e. The summed E-state index contributed by atoms with van der Waals surface area (Å²) in [5, 5.41) is 12.8.